The number of benzene rings is 1. The molecule has 128 valence electrons. The molecule has 0 spiro atoms. The predicted molar refractivity (Wildman–Crippen MR) is 93.6 cm³/mol. The summed E-state index contributed by atoms with van der Waals surface area (Å²) >= 11 is 0. The van der Waals surface area contributed by atoms with Gasteiger partial charge in [-0.3, -0.25) is 9.59 Å². The van der Waals surface area contributed by atoms with Crippen LogP contribution in [0.2, 0.25) is 0 Å². The Morgan fingerprint density at radius 1 is 1.04 bits per heavy atom. The van der Waals surface area contributed by atoms with Crippen molar-refractivity contribution >= 4 is 28.4 Å². The fraction of sp³-hybridized carbons (Fsp3) is 0.0588. The summed E-state index contributed by atoms with van der Waals surface area (Å²) in [5.41, 5.74) is 1.50. The number of nitrogens with one attached hydrogen (secondary N) is 1. The van der Waals surface area contributed by atoms with E-state index in [2.05, 4.69) is 25.6 Å². The van der Waals surface area contributed by atoms with Crippen LogP contribution in [-0.2, 0) is 4.79 Å². The topological polar surface area (TPSA) is 131 Å². The number of pyridine rings is 2. The van der Waals surface area contributed by atoms with E-state index in [9.17, 15) is 19.4 Å². The van der Waals surface area contributed by atoms with E-state index in [0.717, 1.165) is 5.56 Å². The summed E-state index contributed by atoms with van der Waals surface area (Å²) in [6, 6.07) is 12.7. The minimum Gasteiger partial charge on any atom is -0.341 e. The van der Waals surface area contributed by atoms with E-state index in [1.807, 2.05) is 30.3 Å². The van der Waals surface area contributed by atoms with Gasteiger partial charge in [0.05, 0.1) is 17.4 Å². The number of hydrogen-bond acceptors (Lipinski definition) is 7. The van der Waals surface area contributed by atoms with Crippen LogP contribution in [-0.4, -0.2) is 28.3 Å². The highest BCUT2D eigenvalue weighted by atomic mass is 16.3. The highest BCUT2D eigenvalue weighted by Crippen LogP contribution is 2.29. The third-order valence-corrected chi connectivity index (χ3v) is 3.60. The summed E-state index contributed by atoms with van der Waals surface area (Å²) in [7, 11) is 0. The van der Waals surface area contributed by atoms with Crippen LogP contribution in [0.3, 0.4) is 0 Å². The Balaban J connectivity index is 2.00. The first-order chi connectivity index (χ1) is 12.6. The van der Waals surface area contributed by atoms with Crippen LogP contribution in [0.25, 0.3) is 22.2 Å². The van der Waals surface area contributed by atoms with E-state index in [4.69, 9.17) is 0 Å². The molecule has 0 aliphatic heterocycles. The van der Waals surface area contributed by atoms with Gasteiger partial charge in [-0.2, -0.15) is 0 Å². The minimum absolute atomic E-state index is 0.196. The Morgan fingerprint density at radius 2 is 1.81 bits per heavy atom. The number of aromatic nitrogens is 2. The number of amides is 2. The van der Waals surface area contributed by atoms with Crippen LogP contribution in [0.4, 0.5) is 5.69 Å². The lowest BCUT2D eigenvalue weighted by molar-refractivity contribution is -0.117. The first kappa shape index (κ1) is 17.0. The van der Waals surface area contributed by atoms with E-state index >= 15 is 0 Å². The van der Waals surface area contributed by atoms with E-state index in [1.54, 1.807) is 12.1 Å². The molecule has 1 N–H and O–H groups in total. The Kier molecular flexibility index (Phi) is 4.79. The molecule has 0 bridgehead atoms. The maximum Gasteiger partial charge on any atom is 0.305 e. The molecule has 0 atom stereocenters. The number of rotatable bonds is 5. The molecule has 0 aliphatic carbocycles. The van der Waals surface area contributed by atoms with Gasteiger partial charge in [-0.05, 0) is 17.3 Å². The maximum absolute atomic E-state index is 12.1. The second-order valence-corrected chi connectivity index (χ2v) is 5.21. The lowest BCUT2D eigenvalue weighted by atomic mass is 10.1. The number of nitrogens with zero attached hydrogens (tertiary/aromatic N) is 4. The summed E-state index contributed by atoms with van der Waals surface area (Å²) in [4.78, 5) is 52.7. The van der Waals surface area contributed by atoms with E-state index in [-0.39, 0.29) is 11.4 Å². The van der Waals surface area contributed by atoms with E-state index < -0.39 is 18.4 Å². The van der Waals surface area contributed by atoms with Crippen molar-refractivity contribution in [2.45, 2.75) is 0 Å². The van der Waals surface area contributed by atoms with Gasteiger partial charge in [0.25, 0.3) is 5.91 Å². The first-order valence-corrected chi connectivity index (χ1v) is 7.47. The van der Waals surface area contributed by atoms with E-state index in [1.165, 1.54) is 6.20 Å². The quantitative estimate of drug-likeness (QED) is 0.705. The molecule has 2 aromatic heterocycles. The third-order valence-electron chi connectivity index (χ3n) is 3.60. The molecule has 0 saturated heterocycles. The second kappa shape index (κ2) is 7.34. The Morgan fingerprint density at radius 3 is 2.50 bits per heavy atom. The summed E-state index contributed by atoms with van der Waals surface area (Å²) in [5.74, 6) is -1.86. The molecule has 3 aromatic rings. The Labute approximate surface area is 146 Å². The molecule has 9 nitrogen and oxygen atoms in total. The minimum atomic E-state index is -1.05. The molecule has 2 amide bonds. The number of carbonyl (C=O) groups is 2. The molecule has 0 fully saturated rings. The van der Waals surface area contributed by atoms with Gasteiger partial charge in [-0.1, -0.05) is 30.3 Å². The van der Waals surface area contributed by atoms with Gasteiger partial charge in [-0.15, -0.1) is 9.81 Å². The van der Waals surface area contributed by atoms with Crippen LogP contribution in [0, 0.1) is 9.81 Å². The summed E-state index contributed by atoms with van der Waals surface area (Å²) in [6.45, 7) is -0.592. The lowest BCUT2D eigenvalue weighted by Crippen LogP contribution is -2.29. The third kappa shape index (κ3) is 3.31. The first-order valence-electron chi connectivity index (χ1n) is 7.47. The standard InChI is InChI=1S/C17H11N5O4/c23-14(21-25)9-19-17(24)16-15(22-26)11-6-7-12(20-13(11)8-18-16)10-4-2-1-3-5-10/h1-8H,9H2,(H,19,24). The SMILES string of the molecule is O=NC(=O)CNC(=O)c1ncc2nc(-c3ccccc3)ccc2c1N=O. The van der Waals surface area contributed by atoms with Crippen LogP contribution in [0.1, 0.15) is 10.5 Å². The smallest absolute Gasteiger partial charge is 0.305 e. The van der Waals surface area contributed by atoms with Crippen molar-refractivity contribution in [2.24, 2.45) is 10.4 Å². The van der Waals surface area contributed by atoms with Gasteiger partial charge >= 0.3 is 5.91 Å². The maximum atomic E-state index is 12.1. The molecular formula is C17H11N5O4. The zero-order valence-electron chi connectivity index (χ0n) is 13.2. The molecular weight excluding hydrogens is 338 g/mol. The van der Waals surface area contributed by atoms with Gasteiger partial charge in [-0.25, -0.2) is 9.97 Å². The van der Waals surface area contributed by atoms with Crippen molar-refractivity contribution in [2.75, 3.05) is 6.54 Å². The van der Waals surface area contributed by atoms with Crippen LogP contribution in [0.15, 0.2) is 59.0 Å². The molecule has 0 unspecified atom stereocenters. The fourth-order valence-electron chi connectivity index (χ4n) is 2.39. The largest absolute Gasteiger partial charge is 0.341 e. The molecule has 26 heavy (non-hydrogen) atoms. The molecule has 0 saturated carbocycles. The highest BCUT2D eigenvalue weighted by Gasteiger charge is 2.19. The summed E-state index contributed by atoms with van der Waals surface area (Å²) in [6.07, 6.45) is 1.34. The van der Waals surface area contributed by atoms with Gasteiger partial charge in [0.1, 0.15) is 12.2 Å². The number of nitroso groups, excluding NO2 is 2. The predicted octanol–water partition coefficient (Wildman–Crippen LogP) is 2.72. The average molecular weight is 349 g/mol. The van der Waals surface area contributed by atoms with Crippen LogP contribution >= 0.6 is 0 Å². The average Bonchev–Trinajstić information content (AvgIpc) is 2.70. The monoisotopic (exact) mass is 349 g/mol. The number of carbonyl (C=O) groups excluding carboxylic acids is 2. The van der Waals surface area contributed by atoms with Crippen molar-refractivity contribution in [3.63, 3.8) is 0 Å². The Bertz CT molecular complexity index is 1020. The van der Waals surface area contributed by atoms with Gasteiger partial charge in [0.2, 0.25) is 0 Å². The molecule has 2 heterocycles. The number of fused-ring (bicyclic) bond motifs is 1. The van der Waals surface area contributed by atoms with Crippen molar-refractivity contribution < 1.29 is 9.59 Å². The Hall–Kier alpha value is -3.88. The summed E-state index contributed by atoms with van der Waals surface area (Å²) < 4.78 is 0. The van der Waals surface area contributed by atoms with Crippen molar-refractivity contribution in [3.05, 3.63) is 64.2 Å². The van der Waals surface area contributed by atoms with Gasteiger partial charge in [0, 0.05) is 16.1 Å². The lowest BCUT2D eigenvalue weighted by Gasteiger charge is -2.07. The van der Waals surface area contributed by atoms with Crippen LogP contribution in [0.5, 0.6) is 0 Å². The molecule has 1 aromatic carbocycles. The normalized spacial score (nSPS) is 10.3. The molecule has 0 radical (unpaired) electrons. The summed E-state index contributed by atoms with van der Waals surface area (Å²) in [5, 5.41) is 7.56. The molecule has 3 rings (SSSR count). The van der Waals surface area contributed by atoms with Gasteiger partial charge in [0.15, 0.2) is 5.69 Å². The second-order valence-electron chi connectivity index (χ2n) is 5.21. The number of hydrogen-bond donors (Lipinski definition) is 1. The zero-order valence-corrected chi connectivity index (χ0v) is 13.2. The fourth-order valence-corrected chi connectivity index (χ4v) is 2.39. The van der Waals surface area contributed by atoms with E-state index in [0.29, 0.717) is 16.6 Å². The zero-order chi connectivity index (χ0) is 18.5. The molecule has 9 heteroatoms. The molecule has 0 aliphatic rings. The van der Waals surface area contributed by atoms with Crippen LogP contribution < -0.4 is 5.32 Å². The highest BCUT2D eigenvalue weighted by molar-refractivity contribution is 6.05. The van der Waals surface area contributed by atoms with Crippen molar-refractivity contribution in [1.82, 2.24) is 15.3 Å². The van der Waals surface area contributed by atoms with Crippen molar-refractivity contribution in [3.8, 4) is 11.3 Å². The van der Waals surface area contributed by atoms with Crippen molar-refractivity contribution in [1.29, 1.82) is 0 Å². The van der Waals surface area contributed by atoms with Gasteiger partial charge < -0.3 is 5.32 Å².